The van der Waals surface area contributed by atoms with Gasteiger partial charge in [-0.15, -0.1) is 0 Å². The van der Waals surface area contributed by atoms with E-state index < -0.39 is 17.8 Å². The molecule has 1 saturated carbocycles. The maximum atomic E-state index is 13.4. The van der Waals surface area contributed by atoms with Crippen molar-refractivity contribution in [2.24, 2.45) is 5.73 Å². The largest absolute Gasteiger partial charge is 0.435 e. The Morgan fingerprint density at radius 3 is 2.58 bits per heavy atom. The Morgan fingerprint density at radius 1 is 1.13 bits per heavy atom. The first-order chi connectivity index (χ1) is 18.2. The molecule has 38 heavy (non-hydrogen) atoms. The second-order valence-electron chi connectivity index (χ2n) is 9.28. The van der Waals surface area contributed by atoms with Crippen molar-refractivity contribution in [3.8, 4) is 0 Å². The maximum Gasteiger partial charge on any atom is 0.435 e. The molecule has 0 bridgehead atoms. The van der Waals surface area contributed by atoms with Gasteiger partial charge in [-0.1, -0.05) is 24.4 Å². The number of aromatic nitrogens is 4. The van der Waals surface area contributed by atoms with E-state index in [9.17, 15) is 22.8 Å². The van der Waals surface area contributed by atoms with Crippen LogP contribution in [-0.4, -0.2) is 45.1 Å². The van der Waals surface area contributed by atoms with Gasteiger partial charge in [0.15, 0.2) is 11.5 Å². The molecule has 6 N–H and O–H groups in total. The number of aromatic amines is 2. The third kappa shape index (κ3) is 6.93. The molecule has 204 valence electrons. The van der Waals surface area contributed by atoms with E-state index in [0.29, 0.717) is 30.2 Å². The SMILES string of the molecule is NCCCCCCNC(=O)c1ccc(NC(=O)c2ncc(Cc3c(C(F)(F)F)n[nH]c3C3CC3)[nH]2)cc1Cl. The summed E-state index contributed by atoms with van der Waals surface area (Å²) in [6.07, 6.45) is 2.03. The summed E-state index contributed by atoms with van der Waals surface area (Å²) in [6.45, 7) is 1.17. The molecule has 0 saturated heterocycles. The van der Waals surface area contributed by atoms with Crippen LogP contribution in [0.25, 0.3) is 0 Å². The Balaban J connectivity index is 1.36. The second-order valence-corrected chi connectivity index (χ2v) is 9.69. The summed E-state index contributed by atoms with van der Waals surface area (Å²) in [5.41, 5.74) is 6.01. The lowest BCUT2D eigenvalue weighted by Crippen LogP contribution is -2.24. The third-order valence-corrected chi connectivity index (χ3v) is 6.56. The summed E-state index contributed by atoms with van der Waals surface area (Å²) >= 11 is 6.27. The zero-order valence-corrected chi connectivity index (χ0v) is 21.3. The van der Waals surface area contributed by atoms with E-state index in [1.54, 1.807) is 0 Å². The van der Waals surface area contributed by atoms with Gasteiger partial charge in [0.2, 0.25) is 0 Å². The molecular weight excluding hydrogens is 523 g/mol. The molecular formula is C25H29ClF3N7O2. The highest BCUT2D eigenvalue weighted by molar-refractivity contribution is 6.34. The highest BCUT2D eigenvalue weighted by Crippen LogP contribution is 2.44. The van der Waals surface area contributed by atoms with Crippen LogP contribution in [0.1, 0.15) is 88.1 Å². The fraction of sp³-hybridized carbons (Fsp3) is 0.440. The summed E-state index contributed by atoms with van der Waals surface area (Å²) in [6, 6.07) is 4.49. The number of benzene rings is 1. The van der Waals surface area contributed by atoms with Gasteiger partial charge in [-0.05, 0) is 50.4 Å². The number of carbonyl (C=O) groups is 2. The lowest BCUT2D eigenvalue weighted by Gasteiger charge is -2.09. The number of anilines is 1. The smallest absolute Gasteiger partial charge is 0.352 e. The molecule has 9 nitrogen and oxygen atoms in total. The van der Waals surface area contributed by atoms with Crippen LogP contribution in [0, 0.1) is 0 Å². The van der Waals surface area contributed by atoms with E-state index in [0.717, 1.165) is 38.5 Å². The third-order valence-electron chi connectivity index (χ3n) is 6.25. The number of H-pyrrole nitrogens is 2. The Bertz CT molecular complexity index is 1280. The first kappa shape index (κ1) is 27.6. The number of halogens is 4. The molecule has 2 amide bonds. The van der Waals surface area contributed by atoms with Gasteiger partial charge in [0.05, 0.1) is 10.6 Å². The van der Waals surface area contributed by atoms with Crippen LogP contribution in [0.15, 0.2) is 24.4 Å². The van der Waals surface area contributed by atoms with Gasteiger partial charge in [-0.25, -0.2) is 4.98 Å². The van der Waals surface area contributed by atoms with Crippen LogP contribution in [-0.2, 0) is 12.6 Å². The first-order valence-electron chi connectivity index (χ1n) is 12.4. The molecule has 2 aromatic heterocycles. The Labute approximate surface area is 222 Å². The van der Waals surface area contributed by atoms with E-state index in [-0.39, 0.29) is 40.2 Å². The van der Waals surface area contributed by atoms with Crippen molar-refractivity contribution in [1.82, 2.24) is 25.5 Å². The van der Waals surface area contributed by atoms with Gasteiger partial charge >= 0.3 is 6.18 Å². The van der Waals surface area contributed by atoms with Crippen molar-refractivity contribution in [3.63, 3.8) is 0 Å². The lowest BCUT2D eigenvalue weighted by molar-refractivity contribution is -0.141. The summed E-state index contributed by atoms with van der Waals surface area (Å²) in [5, 5.41) is 11.6. The number of imidazole rings is 1. The monoisotopic (exact) mass is 551 g/mol. The molecule has 0 unspecified atom stereocenters. The number of alkyl halides is 3. The van der Waals surface area contributed by atoms with Gasteiger partial charge in [0.1, 0.15) is 0 Å². The Morgan fingerprint density at radius 2 is 1.89 bits per heavy atom. The maximum absolute atomic E-state index is 13.4. The van der Waals surface area contributed by atoms with Crippen molar-refractivity contribution in [2.75, 3.05) is 18.4 Å². The van der Waals surface area contributed by atoms with Crippen molar-refractivity contribution < 1.29 is 22.8 Å². The molecule has 1 aromatic carbocycles. The predicted molar refractivity (Wildman–Crippen MR) is 136 cm³/mol. The average molecular weight is 552 g/mol. The van der Waals surface area contributed by atoms with E-state index >= 15 is 0 Å². The normalized spacial score (nSPS) is 13.5. The molecule has 0 atom stereocenters. The molecule has 0 radical (unpaired) electrons. The van der Waals surface area contributed by atoms with Crippen LogP contribution in [0.3, 0.4) is 0 Å². The lowest BCUT2D eigenvalue weighted by atomic mass is 10.0. The van der Waals surface area contributed by atoms with Gasteiger partial charge in [0, 0.05) is 47.7 Å². The minimum atomic E-state index is -4.59. The number of unbranched alkanes of at least 4 members (excludes halogenated alkanes) is 3. The number of rotatable bonds is 12. The highest BCUT2D eigenvalue weighted by Gasteiger charge is 2.40. The number of nitrogens with one attached hydrogen (secondary N) is 4. The van der Waals surface area contributed by atoms with E-state index in [1.165, 1.54) is 24.4 Å². The second kappa shape index (κ2) is 12.0. The molecule has 1 aliphatic rings. The molecule has 0 aliphatic heterocycles. The fourth-order valence-corrected chi connectivity index (χ4v) is 4.41. The Kier molecular flexibility index (Phi) is 8.72. The van der Waals surface area contributed by atoms with E-state index in [1.807, 2.05) is 0 Å². The van der Waals surface area contributed by atoms with Crippen LogP contribution >= 0.6 is 11.6 Å². The molecule has 0 spiro atoms. The number of carbonyl (C=O) groups excluding carboxylic acids is 2. The van der Waals surface area contributed by atoms with Crippen molar-refractivity contribution in [3.05, 3.63) is 63.5 Å². The van der Waals surface area contributed by atoms with Crippen LogP contribution in [0.5, 0.6) is 0 Å². The molecule has 4 rings (SSSR count). The van der Waals surface area contributed by atoms with E-state index in [2.05, 4.69) is 30.8 Å². The zero-order chi connectivity index (χ0) is 27.3. The topological polar surface area (TPSA) is 142 Å². The summed E-state index contributed by atoms with van der Waals surface area (Å²) in [5.74, 6) is -0.953. The molecule has 1 fully saturated rings. The summed E-state index contributed by atoms with van der Waals surface area (Å²) in [7, 11) is 0. The fourth-order valence-electron chi connectivity index (χ4n) is 4.14. The minimum Gasteiger partial charge on any atom is -0.352 e. The predicted octanol–water partition coefficient (Wildman–Crippen LogP) is 4.77. The van der Waals surface area contributed by atoms with Crippen LogP contribution in [0.4, 0.5) is 18.9 Å². The van der Waals surface area contributed by atoms with Crippen molar-refractivity contribution >= 4 is 29.1 Å². The first-order valence-corrected chi connectivity index (χ1v) is 12.8. The minimum absolute atomic E-state index is 0.0374. The van der Waals surface area contributed by atoms with Crippen molar-refractivity contribution in [2.45, 2.75) is 57.0 Å². The van der Waals surface area contributed by atoms with Crippen molar-refractivity contribution in [1.29, 1.82) is 0 Å². The van der Waals surface area contributed by atoms with Crippen LogP contribution < -0.4 is 16.4 Å². The molecule has 2 heterocycles. The van der Waals surface area contributed by atoms with Gasteiger partial charge < -0.3 is 21.4 Å². The number of hydrogen-bond acceptors (Lipinski definition) is 5. The van der Waals surface area contributed by atoms with Crippen LogP contribution in [0.2, 0.25) is 5.02 Å². The van der Waals surface area contributed by atoms with Gasteiger partial charge in [-0.3, -0.25) is 14.7 Å². The number of nitrogens with zero attached hydrogens (tertiary/aromatic N) is 2. The molecule has 1 aliphatic carbocycles. The molecule has 13 heteroatoms. The number of amides is 2. The summed E-state index contributed by atoms with van der Waals surface area (Å²) < 4.78 is 40.3. The average Bonchev–Trinajstić information content (AvgIpc) is 3.43. The van der Waals surface area contributed by atoms with Gasteiger partial charge in [-0.2, -0.15) is 18.3 Å². The Hall–Kier alpha value is -3.38. The molecule has 3 aromatic rings. The number of hydrogen-bond donors (Lipinski definition) is 5. The van der Waals surface area contributed by atoms with E-state index in [4.69, 9.17) is 17.3 Å². The standard InChI is InChI=1S/C25H29ClF3N7O2/c26-19-12-15(7-8-17(19)23(37)31-10-4-2-1-3-9-30)34-24(38)22-32-13-16(33-22)11-18-20(14-5-6-14)35-36-21(18)25(27,28)29/h7-8,12-14H,1-6,9-11,30H2,(H,31,37)(H,32,33)(H,34,38)(H,35,36). The summed E-state index contributed by atoms with van der Waals surface area (Å²) in [4.78, 5) is 31.9. The van der Waals surface area contributed by atoms with Gasteiger partial charge in [0.25, 0.3) is 11.8 Å². The zero-order valence-electron chi connectivity index (χ0n) is 20.6. The quantitative estimate of drug-likeness (QED) is 0.206. The number of nitrogens with two attached hydrogens (primary N) is 1. The highest BCUT2D eigenvalue weighted by atomic mass is 35.5.